The average Bonchev–Trinajstić information content (AvgIpc) is 2.56. The molecule has 120 valence electrons. The van der Waals surface area contributed by atoms with Crippen LogP contribution in [0.15, 0.2) is 30.2 Å². The first-order chi connectivity index (χ1) is 9.94. The van der Waals surface area contributed by atoms with E-state index in [0.717, 1.165) is 6.07 Å². The molecule has 2 rings (SSSR count). The van der Waals surface area contributed by atoms with Gasteiger partial charge in [-0.05, 0) is 46.2 Å². The molecule has 0 unspecified atom stereocenters. The van der Waals surface area contributed by atoms with Crippen LogP contribution in [0.2, 0.25) is 0 Å². The Morgan fingerprint density at radius 3 is 2.05 bits per heavy atom. The van der Waals surface area contributed by atoms with E-state index in [2.05, 4.69) is 0 Å². The summed E-state index contributed by atoms with van der Waals surface area (Å²) in [6.07, 6.45) is -4.39. The molecule has 1 aliphatic rings. The van der Waals surface area contributed by atoms with Gasteiger partial charge in [-0.25, -0.2) is 0 Å². The highest BCUT2D eigenvalue weighted by atomic mass is 19.4. The molecular weight excluding hydrogens is 292 g/mol. The molecule has 0 amide bonds. The molecule has 0 aromatic heterocycles. The van der Waals surface area contributed by atoms with Crippen molar-refractivity contribution in [3.05, 3.63) is 41.4 Å². The number of alkyl halides is 3. The lowest BCUT2D eigenvalue weighted by Crippen LogP contribution is -2.41. The molecule has 1 aromatic carbocycles. The first kappa shape index (κ1) is 17.1. The summed E-state index contributed by atoms with van der Waals surface area (Å²) in [6.45, 7) is 9.24. The van der Waals surface area contributed by atoms with Crippen LogP contribution in [0, 0.1) is 0 Å². The van der Waals surface area contributed by atoms with Gasteiger partial charge in [0.15, 0.2) is 0 Å². The highest BCUT2D eigenvalue weighted by Crippen LogP contribution is 2.39. The monoisotopic (exact) mass is 312 g/mol. The van der Waals surface area contributed by atoms with E-state index in [1.165, 1.54) is 12.1 Å². The zero-order valence-electron chi connectivity index (χ0n) is 13.4. The molecule has 1 aliphatic heterocycles. The third kappa shape index (κ3) is 3.23. The molecule has 0 spiro atoms. The maximum Gasteiger partial charge on any atom is 0.487 e. The lowest BCUT2D eigenvalue weighted by atomic mass is 9.84. The molecule has 1 fully saturated rings. The van der Waals surface area contributed by atoms with Crippen LogP contribution in [0.5, 0.6) is 0 Å². The third-order valence-electron chi connectivity index (χ3n) is 4.31. The Balaban J connectivity index is 2.33. The molecule has 0 aliphatic carbocycles. The lowest BCUT2D eigenvalue weighted by Gasteiger charge is -2.32. The van der Waals surface area contributed by atoms with Crippen molar-refractivity contribution >= 4 is 12.7 Å². The summed E-state index contributed by atoms with van der Waals surface area (Å²) in [6, 6.07) is 5.51. The number of benzene rings is 1. The van der Waals surface area contributed by atoms with Crippen LogP contribution >= 0.6 is 0 Å². The van der Waals surface area contributed by atoms with Gasteiger partial charge in [-0.1, -0.05) is 29.7 Å². The first-order valence-corrected chi connectivity index (χ1v) is 7.15. The molecule has 22 heavy (non-hydrogen) atoms. The zero-order valence-corrected chi connectivity index (χ0v) is 13.4. The topological polar surface area (TPSA) is 18.5 Å². The van der Waals surface area contributed by atoms with Crippen LogP contribution in [0.25, 0.3) is 5.57 Å². The summed E-state index contributed by atoms with van der Waals surface area (Å²) < 4.78 is 50.8. The van der Waals surface area contributed by atoms with Crippen molar-refractivity contribution in [3.63, 3.8) is 0 Å². The van der Waals surface area contributed by atoms with Gasteiger partial charge in [-0.3, -0.25) is 0 Å². The Morgan fingerprint density at radius 2 is 1.55 bits per heavy atom. The molecule has 0 atom stereocenters. The van der Waals surface area contributed by atoms with Gasteiger partial charge in [-0.15, -0.1) is 0 Å². The van der Waals surface area contributed by atoms with Crippen molar-refractivity contribution < 1.29 is 22.5 Å². The zero-order chi connectivity index (χ0) is 16.8. The third-order valence-corrected chi connectivity index (χ3v) is 4.31. The summed E-state index contributed by atoms with van der Waals surface area (Å²) in [7, 11) is -0.661. The van der Waals surface area contributed by atoms with E-state index in [1.807, 2.05) is 27.7 Å². The Morgan fingerprint density at radius 1 is 1.05 bits per heavy atom. The normalized spacial score (nSPS) is 21.3. The largest absolute Gasteiger partial charge is 0.487 e. The summed E-state index contributed by atoms with van der Waals surface area (Å²) in [4.78, 5) is 0. The van der Waals surface area contributed by atoms with Gasteiger partial charge < -0.3 is 9.31 Å². The maximum absolute atomic E-state index is 13.1. The Bertz CT molecular complexity index is 575. The van der Waals surface area contributed by atoms with E-state index in [1.54, 1.807) is 19.0 Å². The molecule has 0 radical (unpaired) electrons. The SMILES string of the molecule is C/C(=C/B1OC(C)(C)C(C)(C)O1)c1ccccc1C(F)(F)F. The second kappa shape index (κ2) is 5.42. The minimum atomic E-state index is -4.39. The van der Waals surface area contributed by atoms with Crippen molar-refractivity contribution in [1.29, 1.82) is 0 Å². The van der Waals surface area contributed by atoms with Crippen LogP contribution in [0.4, 0.5) is 13.2 Å². The summed E-state index contributed by atoms with van der Waals surface area (Å²) in [5.41, 5.74) is -1.06. The van der Waals surface area contributed by atoms with Gasteiger partial charge in [-0.2, -0.15) is 13.2 Å². The number of allylic oxidation sites excluding steroid dienone is 1. The Labute approximate surface area is 129 Å². The van der Waals surface area contributed by atoms with Crippen LogP contribution in [0.3, 0.4) is 0 Å². The van der Waals surface area contributed by atoms with Crippen molar-refractivity contribution in [1.82, 2.24) is 0 Å². The quantitative estimate of drug-likeness (QED) is 0.734. The molecule has 1 saturated heterocycles. The van der Waals surface area contributed by atoms with Gasteiger partial charge >= 0.3 is 13.3 Å². The van der Waals surface area contributed by atoms with E-state index in [9.17, 15) is 13.2 Å². The van der Waals surface area contributed by atoms with Gasteiger partial charge in [0.25, 0.3) is 0 Å². The smallest absolute Gasteiger partial charge is 0.400 e. The molecule has 6 heteroatoms. The van der Waals surface area contributed by atoms with Gasteiger partial charge in [0, 0.05) is 0 Å². The second-order valence-corrected chi connectivity index (χ2v) is 6.52. The molecular formula is C16H20BF3O2. The highest BCUT2D eigenvalue weighted by molar-refractivity contribution is 6.53. The van der Waals surface area contributed by atoms with Crippen molar-refractivity contribution in [3.8, 4) is 0 Å². The van der Waals surface area contributed by atoms with E-state index >= 15 is 0 Å². The molecule has 0 N–H and O–H groups in total. The number of halogens is 3. The standard InChI is InChI=1S/C16H20BF3O2/c1-11(10-17-21-14(2,3)15(4,5)22-17)12-8-6-7-9-13(12)16(18,19)20/h6-10H,1-5H3/b11-10-. The van der Waals surface area contributed by atoms with Gasteiger partial charge in [0.1, 0.15) is 0 Å². The van der Waals surface area contributed by atoms with Crippen LogP contribution in [-0.4, -0.2) is 18.3 Å². The number of rotatable bonds is 2. The Kier molecular flexibility index (Phi) is 4.21. The fraction of sp³-hybridized carbons (Fsp3) is 0.500. The molecule has 2 nitrogen and oxygen atoms in total. The van der Waals surface area contributed by atoms with E-state index in [4.69, 9.17) is 9.31 Å². The number of hydrogen-bond acceptors (Lipinski definition) is 2. The van der Waals surface area contributed by atoms with Crippen molar-refractivity contribution in [2.75, 3.05) is 0 Å². The van der Waals surface area contributed by atoms with E-state index < -0.39 is 30.1 Å². The lowest BCUT2D eigenvalue weighted by molar-refractivity contribution is -0.137. The first-order valence-electron chi connectivity index (χ1n) is 7.15. The second-order valence-electron chi connectivity index (χ2n) is 6.52. The van der Waals surface area contributed by atoms with Crippen molar-refractivity contribution in [2.45, 2.75) is 52.0 Å². The Hall–Kier alpha value is -1.27. The average molecular weight is 312 g/mol. The highest BCUT2D eigenvalue weighted by Gasteiger charge is 2.50. The maximum atomic E-state index is 13.1. The minimum Gasteiger partial charge on any atom is -0.400 e. The van der Waals surface area contributed by atoms with E-state index in [-0.39, 0.29) is 5.56 Å². The van der Waals surface area contributed by atoms with Crippen LogP contribution in [0.1, 0.15) is 45.7 Å². The molecule has 1 aromatic rings. The number of hydrogen-bond donors (Lipinski definition) is 0. The van der Waals surface area contributed by atoms with Gasteiger partial charge in [0.2, 0.25) is 0 Å². The van der Waals surface area contributed by atoms with Gasteiger partial charge in [0.05, 0.1) is 16.8 Å². The summed E-state index contributed by atoms with van der Waals surface area (Å²) >= 11 is 0. The summed E-state index contributed by atoms with van der Waals surface area (Å²) in [5, 5.41) is 0. The van der Waals surface area contributed by atoms with E-state index in [0.29, 0.717) is 5.57 Å². The summed E-state index contributed by atoms with van der Waals surface area (Å²) in [5.74, 6) is 1.60. The molecule has 1 heterocycles. The molecule has 0 bridgehead atoms. The van der Waals surface area contributed by atoms with Crippen molar-refractivity contribution in [2.24, 2.45) is 0 Å². The predicted molar refractivity (Wildman–Crippen MR) is 81.2 cm³/mol. The van der Waals surface area contributed by atoms with Crippen LogP contribution in [-0.2, 0) is 15.5 Å². The predicted octanol–water partition coefficient (Wildman–Crippen LogP) is 4.74. The minimum absolute atomic E-state index is 0.143. The fourth-order valence-electron chi connectivity index (χ4n) is 2.32. The molecule has 0 saturated carbocycles. The van der Waals surface area contributed by atoms with Crippen LogP contribution < -0.4 is 0 Å². The fourth-order valence-corrected chi connectivity index (χ4v) is 2.32.